The highest BCUT2D eigenvalue weighted by atomic mass is 16.5. The van der Waals surface area contributed by atoms with Gasteiger partial charge in [0.1, 0.15) is 5.69 Å². The van der Waals surface area contributed by atoms with Crippen LogP contribution in [-0.2, 0) is 6.54 Å². The van der Waals surface area contributed by atoms with Crippen molar-refractivity contribution in [3.8, 4) is 40.0 Å². The lowest BCUT2D eigenvalue weighted by Crippen LogP contribution is -2.14. The van der Waals surface area contributed by atoms with E-state index in [1.807, 2.05) is 12.1 Å². The monoisotopic (exact) mass is 453 g/mol. The number of aromatic amines is 1. The van der Waals surface area contributed by atoms with Gasteiger partial charge in [0.05, 0.1) is 23.9 Å². The smallest absolute Gasteiger partial charge is 0.252 e. The Hall–Kier alpha value is -4.29. The van der Waals surface area contributed by atoms with Gasteiger partial charge in [-0.3, -0.25) is 4.79 Å². The van der Waals surface area contributed by atoms with Gasteiger partial charge in [-0.25, -0.2) is 9.97 Å². The fourth-order valence-corrected chi connectivity index (χ4v) is 3.63. The third-order valence-electron chi connectivity index (χ3n) is 5.85. The Morgan fingerprint density at radius 3 is 2.76 bits per heavy atom. The highest BCUT2D eigenvalue weighted by Gasteiger charge is 2.20. The van der Waals surface area contributed by atoms with E-state index in [0.717, 1.165) is 12.1 Å². The molecule has 9 nitrogen and oxygen atoms in total. The number of benzene rings is 1. The molecule has 3 heterocycles. The molecule has 1 unspecified atom stereocenters. The SMILES string of the molecule is CC(C#N)c1cc(-c2cnc(N)c(-c3cc(-c4ccc(CNC5CC5)cc4)no3)n2)c[nH]c1=O. The molecule has 1 aromatic carbocycles. The molecule has 170 valence electrons. The molecule has 4 aromatic rings. The zero-order valence-electron chi connectivity index (χ0n) is 18.6. The summed E-state index contributed by atoms with van der Waals surface area (Å²) in [6, 6.07) is 14.3. The van der Waals surface area contributed by atoms with E-state index >= 15 is 0 Å². The molecular formula is C25H23N7O2. The van der Waals surface area contributed by atoms with Gasteiger partial charge in [0.15, 0.2) is 17.3 Å². The number of nitrogens with one attached hydrogen (secondary N) is 2. The minimum atomic E-state index is -0.558. The highest BCUT2D eigenvalue weighted by molar-refractivity contribution is 5.73. The lowest BCUT2D eigenvalue weighted by molar-refractivity contribution is 0.434. The normalized spacial score (nSPS) is 14.0. The molecule has 1 aliphatic rings. The van der Waals surface area contributed by atoms with Crippen molar-refractivity contribution in [1.82, 2.24) is 25.4 Å². The fraction of sp³-hybridized carbons (Fsp3) is 0.240. The quantitative estimate of drug-likeness (QED) is 0.384. The van der Waals surface area contributed by atoms with Crippen LogP contribution in [0, 0.1) is 11.3 Å². The molecule has 9 heteroatoms. The molecule has 0 aliphatic heterocycles. The minimum Gasteiger partial charge on any atom is -0.382 e. The Morgan fingerprint density at radius 2 is 2.03 bits per heavy atom. The maximum atomic E-state index is 12.1. The van der Waals surface area contributed by atoms with E-state index in [2.05, 4.69) is 43.6 Å². The first-order chi connectivity index (χ1) is 16.5. The molecule has 0 spiro atoms. The lowest BCUT2D eigenvalue weighted by Gasteiger charge is -2.07. The Balaban J connectivity index is 1.41. The van der Waals surface area contributed by atoms with Crippen molar-refractivity contribution in [2.24, 2.45) is 0 Å². The molecular weight excluding hydrogens is 430 g/mol. The minimum absolute atomic E-state index is 0.197. The van der Waals surface area contributed by atoms with Gasteiger partial charge in [-0.2, -0.15) is 5.26 Å². The number of hydrogen-bond donors (Lipinski definition) is 3. The van der Waals surface area contributed by atoms with Gasteiger partial charge < -0.3 is 20.6 Å². The molecule has 0 bridgehead atoms. The summed E-state index contributed by atoms with van der Waals surface area (Å²) >= 11 is 0. The van der Waals surface area contributed by atoms with Gasteiger partial charge in [0.25, 0.3) is 5.56 Å². The summed E-state index contributed by atoms with van der Waals surface area (Å²) in [5.74, 6) is 0.0250. The van der Waals surface area contributed by atoms with Gasteiger partial charge in [-0.1, -0.05) is 29.4 Å². The van der Waals surface area contributed by atoms with Crippen molar-refractivity contribution in [3.63, 3.8) is 0 Å². The number of anilines is 1. The summed E-state index contributed by atoms with van der Waals surface area (Å²) in [7, 11) is 0. The van der Waals surface area contributed by atoms with Crippen molar-refractivity contribution >= 4 is 5.82 Å². The number of nitrogens with zero attached hydrogens (tertiary/aromatic N) is 4. The lowest BCUT2D eigenvalue weighted by atomic mass is 10.0. The maximum Gasteiger partial charge on any atom is 0.252 e. The summed E-state index contributed by atoms with van der Waals surface area (Å²) in [6.45, 7) is 2.52. The third-order valence-corrected chi connectivity index (χ3v) is 5.85. The predicted octanol–water partition coefficient (Wildman–Crippen LogP) is 3.62. The van der Waals surface area contributed by atoms with Gasteiger partial charge in [0, 0.05) is 41.5 Å². The second-order valence-corrected chi connectivity index (χ2v) is 8.44. The Kier molecular flexibility index (Phi) is 5.65. The van der Waals surface area contributed by atoms with Crippen LogP contribution in [0.1, 0.15) is 36.8 Å². The molecule has 1 aliphatic carbocycles. The van der Waals surface area contributed by atoms with Crippen molar-refractivity contribution in [2.45, 2.75) is 38.3 Å². The number of nitrogens with two attached hydrogens (primary N) is 1. The van der Waals surface area contributed by atoms with E-state index in [0.29, 0.717) is 40.0 Å². The zero-order valence-corrected chi connectivity index (χ0v) is 18.6. The van der Waals surface area contributed by atoms with E-state index in [1.165, 1.54) is 30.8 Å². The summed E-state index contributed by atoms with van der Waals surface area (Å²) in [5.41, 5.74) is 10.4. The van der Waals surface area contributed by atoms with E-state index in [4.69, 9.17) is 10.3 Å². The zero-order chi connectivity index (χ0) is 23.7. The van der Waals surface area contributed by atoms with E-state index in [1.54, 1.807) is 19.1 Å². The van der Waals surface area contributed by atoms with E-state index in [9.17, 15) is 10.1 Å². The molecule has 1 fully saturated rings. The fourth-order valence-electron chi connectivity index (χ4n) is 3.63. The number of rotatable bonds is 7. The average Bonchev–Trinajstić information content (AvgIpc) is 3.57. The van der Waals surface area contributed by atoms with Gasteiger partial charge in [-0.05, 0) is 31.4 Å². The van der Waals surface area contributed by atoms with Crippen LogP contribution in [0.5, 0.6) is 0 Å². The van der Waals surface area contributed by atoms with Crippen molar-refractivity contribution in [3.05, 3.63) is 70.3 Å². The number of pyridine rings is 1. The Labute approximate surface area is 195 Å². The number of nitrogen functional groups attached to an aromatic ring is 1. The van der Waals surface area contributed by atoms with E-state index < -0.39 is 5.92 Å². The Bertz CT molecular complexity index is 1430. The molecule has 3 aromatic heterocycles. The average molecular weight is 454 g/mol. The van der Waals surface area contributed by atoms with Crippen LogP contribution in [-0.4, -0.2) is 26.2 Å². The molecule has 34 heavy (non-hydrogen) atoms. The van der Waals surface area contributed by atoms with Crippen LogP contribution in [0.2, 0.25) is 0 Å². The van der Waals surface area contributed by atoms with Crippen molar-refractivity contribution < 1.29 is 4.52 Å². The van der Waals surface area contributed by atoms with Crippen LogP contribution in [0.15, 0.2) is 58.1 Å². The summed E-state index contributed by atoms with van der Waals surface area (Å²) < 4.78 is 5.55. The first-order valence-electron chi connectivity index (χ1n) is 11.1. The van der Waals surface area contributed by atoms with Gasteiger partial charge >= 0.3 is 0 Å². The first kappa shape index (κ1) is 21.6. The standard InChI is InChI=1S/C25H23N7O2/c1-14(10-26)19-8-17(12-30-25(19)33)21-13-29-24(27)23(31-21)22-9-20(32-34-22)16-4-2-15(3-5-16)11-28-18-6-7-18/h2-5,8-9,12-14,18,28H,6-7,11H2,1H3,(H2,27,29)(H,30,33). The summed E-state index contributed by atoms with van der Waals surface area (Å²) in [6.07, 6.45) is 5.56. The number of H-pyrrole nitrogens is 1. The molecule has 1 saturated carbocycles. The first-order valence-corrected chi connectivity index (χ1v) is 11.1. The summed E-state index contributed by atoms with van der Waals surface area (Å²) in [4.78, 5) is 23.6. The van der Waals surface area contributed by atoms with Crippen LogP contribution in [0.3, 0.4) is 0 Å². The van der Waals surface area contributed by atoms with Crippen molar-refractivity contribution in [2.75, 3.05) is 5.73 Å². The highest BCUT2D eigenvalue weighted by Crippen LogP contribution is 2.30. The molecule has 5 rings (SSSR count). The van der Waals surface area contributed by atoms with Crippen LogP contribution in [0.4, 0.5) is 5.82 Å². The van der Waals surface area contributed by atoms with Crippen LogP contribution < -0.4 is 16.6 Å². The number of hydrogen-bond acceptors (Lipinski definition) is 8. The van der Waals surface area contributed by atoms with Gasteiger partial charge in [-0.15, -0.1) is 0 Å². The number of nitriles is 1. The van der Waals surface area contributed by atoms with E-state index in [-0.39, 0.29) is 11.4 Å². The molecule has 0 saturated heterocycles. The molecule has 0 amide bonds. The molecule has 0 radical (unpaired) electrons. The van der Waals surface area contributed by atoms with Crippen molar-refractivity contribution in [1.29, 1.82) is 5.26 Å². The topological polar surface area (TPSA) is 147 Å². The predicted molar refractivity (Wildman–Crippen MR) is 127 cm³/mol. The largest absolute Gasteiger partial charge is 0.382 e. The number of aromatic nitrogens is 4. The van der Waals surface area contributed by atoms with Gasteiger partial charge in [0.2, 0.25) is 0 Å². The second kappa shape index (κ2) is 8.92. The Morgan fingerprint density at radius 1 is 1.24 bits per heavy atom. The molecule has 1 atom stereocenters. The maximum absolute atomic E-state index is 12.1. The summed E-state index contributed by atoms with van der Waals surface area (Å²) in [5, 5.41) is 16.9. The molecule has 4 N–H and O–H groups in total. The second-order valence-electron chi connectivity index (χ2n) is 8.44. The van der Waals surface area contributed by atoms with Crippen LogP contribution in [0.25, 0.3) is 34.0 Å². The van der Waals surface area contributed by atoms with Crippen LogP contribution >= 0.6 is 0 Å². The third kappa shape index (κ3) is 4.44.